The Kier molecular flexibility index (Phi) is 15.1. The second-order valence-electron chi connectivity index (χ2n) is 12.3. The van der Waals surface area contributed by atoms with Crippen molar-refractivity contribution in [3.05, 3.63) is 58.4 Å². The van der Waals surface area contributed by atoms with Crippen LogP contribution in [0.2, 0.25) is 0 Å². The minimum absolute atomic E-state index is 0.0792. The van der Waals surface area contributed by atoms with Crippen LogP contribution in [0.15, 0.2) is 58.4 Å². The molecule has 244 valence electrons. The van der Waals surface area contributed by atoms with Gasteiger partial charge in [0.25, 0.3) is 5.91 Å². The number of ketones is 2. The number of unbranched alkanes of at least 4 members (excludes halogenated alkanes) is 3. The second-order valence-corrected chi connectivity index (χ2v) is 12.3. The van der Waals surface area contributed by atoms with Gasteiger partial charge in [-0.25, -0.2) is 0 Å². The Hall–Kier alpha value is -3.14. The highest BCUT2D eigenvalue weighted by atomic mass is 16.5. The fourth-order valence-corrected chi connectivity index (χ4v) is 5.94. The molecule has 44 heavy (non-hydrogen) atoms. The molecule has 0 saturated heterocycles. The van der Waals surface area contributed by atoms with Crippen molar-refractivity contribution >= 4 is 23.4 Å². The lowest BCUT2D eigenvalue weighted by Crippen LogP contribution is -2.34. The highest BCUT2D eigenvalue weighted by Crippen LogP contribution is 2.32. The highest BCUT2D eigenvalue weighted by molar-refractivity contribution is 6.23. The summed E-state index contributed by atoms with van der Waals surface area (Å²) in [5.74, 6) is -3.56. The number of hydrogen-bond donors (Lipinski definition) is 4. The number of fused-ring (bicyclic) bond motifs is 2. The molecule has 0 aromatic rings. The number of hydrogen-bond acceptors (Lipinski definition) is 8. The van der Waals surface area contributed by atoms with Crippen LogP contribution < -0.4 is 5.32 Å². The third-order valence-electron chi connectivity index (χ3n) is 8.43. The summed E-state index contributed by atoms with van der Waals surface area (Å²) in [7, 11) is 0. The SMILES string of the molecule is CCCCCCC1=C2C[C@@H](C)C[C@H](CO)[C@H](O)[C@@H](C)/C=C(\C)[C@H](OC(C)=O)[C@@H](CO)/C=C\C=C(/C)C(=O)NC(=CC1=O)C2=O. The van der Waals surface area contributed by atoms with Gasteiger partial charge in [-0.05, 0) is 51.0 Å². The van der Waals surface area contributed by atoms with E-state index in [0.29, 0.717) is 29.6 Å². The molecule has 9 nitrogen and oxygen atoms in total. The maximum absolute atomic E-state index is 13.7. The molecule has 1 aliphatic carbocycles. The third kappa shape index (κ3) is 10.5. The number of esters is 1. The van der Waals surface area contributed by atoms with Crippen LogP contribution in [0.5, 0.6) is 0 Å². The van der Waals surface area contributed by atoms with E-state index in [1.165, 1.54) is 19.1 Å². The first-order valence-electron chi connectivity index (χ1n) is 15.8. The molecule has 0 aromatic heterocycles. The summed E-state index contributed by atoms with van der Waals surface area (Å²) in [5.41, 5.74) is 1.65. The number of allylic oxidation sites excluding steroid dienone is 5. The predicted molar refractivity (Wildman–Crippen MR) is 169 cm³/mol. The predicted octanol–water partition coefficient (Wildman–Crippen LogP) is 4.43. The molecule has 1 amide bonds. The van der Waals surface area contributed by atoms with E-state index in [0.717, 1.165) is 25.7 Å². The topological polar surface area (TPSA) is 150 Å². The summed E-state index contributed by atoms with van der Waals surface area (Å²) in [6, 6.07) is 0. The lowest BCUT2D eigenvalue weighted by molar-refractivity contribution is -0.146. The van der Waals surface area contributed by atoms with Gasteiger partial charge in [0, 0.05) is 54.1 Å². The normalized spacial score (nSPS) is 30.9. The van der Waals surface area contributed by atoms with Crippen molar-refractivity contribution in [3.8, 4) is 0 Å². The molecule has 2 aliphatic rings. The Morgan fingerprint density at radius 3 is 2.39 bits per heavy atom. The Bertz CT molecular complexity index is 1210. The zero-order valence-corrected chi connectivity index (χ0v) is 27.1. The highest BCUT2D eigenvalue weighted by Gasteiger charge is 2.33. The zero-order valence-electron chi connectivity index (χ0n) is 27.1. The fourth-order valence-electron chi connectivity index (χ4n) is 5.94. The number of rotatable bonds is 8. The average molecular weight is 614 g/mol. The maximum atomic E-state index is 13.7. The van der Waals surface area contributed by atoms with E-state index < -0.39 is 47.6 Å². The van der Waals surface area contributed by atoms with E-state index in [-0.39, 0.29) is 42.6 Å². The quantitative estimate of drug-likeness (QED) is 0.136. The first-order chi connectivity index (χ1) is 20.8. The molecule has 9 heteroatoms. The molecular weight excluding hydrogens is 562 g/mol. The van der Waals surface area contributed by atoms with Gasteiger partial charge in [0.15, 0.2) is 5.78 Å². The van der Waals surface area contributed by atoms with Gasteiger partial charge in [-0.1, -0.05) is 64.3 Å². The first kappa shape index (κ1) is 37.0. The van der Waals surface area contributed by atoms with Gasteiger partial charge in [0.05, 0.1) is 18.4 Å². The minimum atomic E-state index is -0.952. The third-order valence-corrected chi connectivity index (χ3v) is 8.43. The van der Waals surface area contributed by atoms with Crippen molar-refractivity contribution in [1.82, 2.24) is 5.32 Å². The van der Waals surface area contributed by atoms with E-state index in [2.05, 4.69) is 12.2 Å². The molecule has 0 fully saturated rings. The van der Waals surface area contributed by atoms with Crippen molar-refractivity contribution in [2.75, 3.05) is 13.2 Å². The van der Waals surface area contributed by atoms with Gasteiger partial charge in [-0.2, -0.15) is 0 Å². The molecule has 0 unspecified atom stereocenters. The molecule has 0 radical (unpaired) electrons. The van der Waals surface area contributed by atoms with Crippen LogP contribution in [0.3, 0.4) is 0 Å². The lowest BCUT2D eigenvalue weighted by atomic mass is 9.79. The van der Waals surface area contributed by atoms with E-state index >= 15 is 0 Å². The molecule has 2 rings (SSSR count). The Morgan fingerprint density at radius 1 is 1.07 bits per heavy atom. The number of ether oxygens (including phenoxy) is 1. The number of carbonyl (C=O) groups is 4. The fraction of sp³-hybridized carbons (Fsp3) is 0.600. The van der Waals surface area contributed by atoms with Gasteiger partial charge in [-0.3, -0.25) is 19.2 Å². The number of nitrogens with one attached hydrogen (secondary N) is 1. The molecule has 2 bridgehead atoms. The van der Waals surface area contributed by atoms with Crippen molar-refractivity contribution in [1.29, 1.82) is 0 Å². The summed E-state index contributed by atoms with van der Waals surface area (Å²) < 4.78 is 5.56. The van der Waals surface area contributed by atoms with E-state index in [4.69, 9.17) is 4.74 Å². The monoisotopic (exact) mass is 613 g/mol. The van der Waals surface area contributed by atoms with Crippen molar-refractivity contribution in [2.45, 2.75) is 98.7 Å². The van der Waals surface area contributed by atoms with Crippen LogP contribution in [0.4, 0.5) is 0 Å². The van der Waals surface area contributed by atoms with Crippen LogP contribution in [-0.2, 0) is 23.9 Å². The number of aliphatic hydroxyl groups is 3. The Labute approximate surface area is 261 Å². The number of carbonyl (C=O) groups excluding carboxylic acids is 4. The van der Waals surface area contributed by atoms with Crippen molar-refractivity contribution < 1.29 is 39.2 Å². The van der Waals surface area contributed by atoms with Crippen LogP contribution in [0, 0.1) is 23.7 Å². The summed E-state index contributed by atoms with van der Waals surface area (Å²) in [5, 5.41) is 34.3. The van der Waals surface area contributed by atoms with Crippen LogP contribution >= 0.6 is 0 Å². The number of aliphatic hydroxyl groups excluding tert-OH is 3. The van der Waals surface area contributed by atoms with Gasteiger partial charge >= 0.3 is 5.97 Å². The van der Waals surface area contributed by atoms with Gasteiger partial charge in [0.1, 0.15) is 6.10 Å². The van der Waals surface area contributed by atoms with Crippen molar-refractivity contribution in [3.63, 3.8) is 0 Å². The first-order valence-corrected chi connectivity index (χ1v) is 15.8. The van der Waals surface area contributed by atoms with Crippen LogP contribution in [-0.4, -0.2) is 64.2 Å². The molecule has 6 atom stereocenters. The van der Waals surface area contributed by atoms with Gasteiger partial charge < -0.3 is 25.4 Å². The molecule has 0 spiro atoms. The van der Waals surface area contributed by atoms with E-state index in [1.807, 2.05) is 6.92 Å². The van der Waals surface area contributed by atoms with Crippen LogP contribution in [0.1, 0.15) is 86.5 Å². The molecular formula is C35H51NO8. The molecule has 1 heterocycles. The summed E-state index contributed by atoms with van der Waals surface area (Å²) in [6.45, 7) is 9.77. The summed E-state index contributed by atoms with van der Waals surface area (Å²) in [4.78, 5) is 52.0. The molecule has 0 aromatic carbocycles. The number of amides is 1. The van der Waals surface area contributed by atoms with Crippen LogP contribution in [0.25, 0.3) is 0 Å². The van der Waals surface area contributed by atoms with E-state index in [1.54, 1.807) is 39.0 Å². The van der Waals surface area contributed by atoms with Crippen molar-refractivity contribution in [2.24, 2.45) is 23.7 Å². The van der Waals surface area contributed by atoms with Gasteiger partial charge in [-0.15, -0.1) is 0 Å². The molecule has 4 N–H and O–H groups in total. The largest absolute Gasteiger partial charge is 0.457 e. The standard InChI is InChI=1S/C35H51NO8/c1-7-8-9-10-14-28-29-16-21(2)15-27(20-38)32(41)23(4)17-24(5)34(44-25(6)39)26(19-37)13-11-12-22(3)35(43)36-30(33(29)42)18-31(28)40/h11-13,17-18,21,23,26-27,32,34,37-38,41H,7-10,14-16,19-20H2,1-6H3,(H,36,43)/b13-11-,22-12+,24-17+/t21-,23-,26+,27+,32+,34-/m0/s1. The summed E-state index contributed by atoms with van der Waals surface area (Å²) >= 11 is 0. The smallest absolute Gasteiger partial charge is 0.303 e. The average Bonchev–Trinajstić information content (AvgIpc) is 2.97. The number of Topliss-reactive ketones (excluding diaryl/α,β-unsaturated/α-hetero) is 1. The lowest BCUT2D eigenvalue weighted by Gasteiger charge is -2.30. The second kappa shape index (κ2) is 18.0. The zero-order chi connectivity index (χ0) is 33.0. The minimum Gasteiger partial charge on any atom is -0.457 e. The maximum Gasteiger partial charge on any atom is 0.303 e. The Morgan fingerprint density at radius 2 is 1.77 bits per heavy atom. The molecule has 1 aliphatic heterocycles. The van der Waals surface area contributed by atoms with E-state index in [9.17, 15) is 34.5 Å². The Balaban J connectivity index is 2.59. The molecule has 0 saturated carbocycles. The summed E-state index contributed by atoms with van der Waals surface area (Å²) in [6.07, 6.45) is 10.8. The van der Waals surface area contributed by atoms with Gasteiger partial charge in [0.2, 0.25) is 5.78 Å².